The third kappa shape index (κ3) is 3.43. The number of hydrogen-bond acceptors (Lipinski definition) is 1. The van der Waals surface area contributed by atoms with Crippen LogP contribution in [0.2, 0.25) is 0 Å². The topological polar surface area (TPSA) is 12.0 Å². The van der Waals surface area contributed by atoms with Crippen molar-refractivity contribution >= 4 is 0 Å². The molecule has 0 aliphatic heterocycles. The summed E-state index contributed by atoms with van der Waals surface area (Å²) in [5, 5.41) is 3.40. The zero-order valence-electron chi connectivity index (χ0n) is 10.2. The Morgan fingerprint density at radius 2 is 1.88 bits per heavy atom. The van der Waals surface area contributed by atoms with Gasteiger partial charge in [-0.3, -0.25) is 0 Å². The molecule has 0 spiro atoms. The molecule has 1 heteroatoms. The maximum atomic E-state index is 3.40. The monoisotopic (exact) mass is 224 g/mol. The van der Waals surface area contributed by atoms with Crippen LogP contribution in [0, 0.1) is 6.07 Å². The lowest BCUT2D eigenvalue weighted by molar-refractivity contribution is 0.675. The van der Waals surface area contributed by atoms with Gasteiger partial charge in [0.15, 0.2) is 0 Å². The van der Waals surface area contributed by atoms with E-state index < -0.39 is 0 Å². The maximum absolute atomic E-state index is 3.40. The normalized spacial score (nSPS) is 10.4. The summed E-state index contributed by atoms with van der Waals surface area (Å²) in [6, 6.07) is 19.9. The molecule has 0 amide bonds. The van der Waals surface area contributed by atoms with Crippen LogP contribution in [0.5, 0.6) is 0 Å². The van der Waals surface area contributed by atoms with E-state index in [0.29, 0.717) is 0 Å². The number of hydrogen-bond donors (Lipinski definition) is 1. The minimum absolute atomic E-state index is 0.953. The molecule has 1 N–H and O–H groups in total. The van der Waals surface area contributed by atoms with Crippen molar-refractivity contribution in [2.45, 2.75) is 19.9 Å². The fraction of sp³-hybridized carbons (Fsp3) is 0.250. The zero-order chi connectivity index (χ0) is 11.9. The summed E-state index contributed by atoms with van der Waals surface area (Å²) >= 11 is 0. The molecule has 0 bridgehead atoms. The molecule has 87 valence electrons. The predicted octanol–water partition coefficient (Wildman–Crippen LogP) is 3.65. The Bertz CT molecular complexity index is 431. The second kappa shape index (κ2) is 6.21. The fourth-order valence-electron chi connectivity index (χ4n) is 1.80. The van der Waals surface area contributed by atoms with Crippen LogP contribution in [-0.2, 0) is 6.54 Å². The molecule has 2 aromatic carbocycles. The average molecular weight is 224 g/mol. The van der Waals surface area contributed by atoms with Crippen LogP contribution >= 0.6 is 0 Å². The van der Waals surface area contributed by atoms with Crippen LogP contribution < -0.4 is 5.32 Å². The SMILES string of the molecule is CCCNCc1ccc(-c2c[c]ccc2)cc1. The Hall–Kier alpha value is -1.60. The van der Waals surface area contributed by atoms with Crippen molar-refractivity contribution in [1.82, 2.24) is 5.32 Å². The van der Waals surface area contributed by atoms with Gasteiger partial charge in [-0.15, -0.1) is 0 Å². The van der Waals surface area contributed by atoms with Gasteiger partial charge < -0.3 is 5.32 Å². The Labute approximate surface area is 103 Å². The molecule has 0 aromatic heterocycles. The van der Waals surface area contributed by atoms with Crippen LogP contribution in [0.1, 0.15) is 18.9 Å². The van der Waals surface area contributed by atoms with Gasteiger partial charge in [0, 0.05) is 6.54 Å². The van der Waals surface area contributed by atoms with Gasteiger partial charge in [-0.1, -0.05) is 49.4 Å². The molecule has 1 radical (unpaired) electrons. The zero-order valence-corrected chi connectivity index (χ0v) is 10.2. The Balaban J connectivity index is 2.03. The van der Waals surface area contributed by atoms with E-state index in [4.69, 9.17) is 0 Å². The highest BCUT2D eigenvalue weighted by Gasteiger charge is 1.97. The second-order valence-electron chi connectivity index (χ2n) is 4.17. The van der Waals surface area contributed by atoms with Crippen LogP contribution in [0.25, 0.3) is 11.1 Å². The van der Waals surface area contributed by atoms with Gasteiger partial charge in [-0.05, 0) is 41.8 Å². The molecule has 0 saturated carbocycles. The van der Waals surface area contributed by atoms with Crippen LogP contribution in [0.3, 0.4) is 0 Å². The van der Waals surface area contributed by atoms with Gasteiger partial charge in [-0.2, -0.15) is 0 Å². The largest absolute Gasteiger partial charge is 0.313 e. The van der Waals surface area contributed by atoms with Gasteiger partial charge in [0.2, 0.25) is 0 Å². The van der Waals surface area contributed by atoms with E-state index in [-0.39, 0.29) is 0 Å². The molecule has 17 heavy (non-hydrogen) atoms. The van der Waals surface area contributed by atoms with Gasteiger partial charge in [0.05, 0.1) is 0 Å². The molecule has 0 unspecified atom stereocenters. The van der Waals surface area contributed by atoms with Gasteiger partial charge in [0.1, 0.15) is 0 Å². The molecule has 0 aliphatic carbocycles. The molecule has 2 rings (SSSR count). The van der Waals surface area contributed by atoms with E-state index in [1.54, 1.807) is 0 Å². The van der Waals surface area contributed by atoms with Crippen molar-refractivity contribution in [1.29, 1.82) is 0 Å². The highest BCUT2D eigenvalue weighted by molar-refractivity contribution is 5.63. The average Bonchev–Trinajstić information content (AvgIpc) is 2.41. The minimum Gasteiger partial charge on any atom is -0.313 e. The summed E-state index contributed by atoms with van der Waals surface area (Å²) in [6.45, 7) is 4.21. The fourth-order valence-corrected chi connectivity index (χ4v) is 1.80. The van der Waals surface area contributed by atoms with Crippen molar-refractivity contribution < 1.29 is 0 Å². The summed E-state index contributed by atoms with van der Waals surface area (Å²) in [7, 11) is 0. The summed E-state index contributed by atoms with van der Waals surface area (Å²) < 4.78 is 0. The first-order valence-corrected chi connectivity index (χ1v) is 6.16. The standard InChI is InChI=1S/C16H18N/c1-2-12-17-13-14-8-10-16(11-9-14)15-6-4-3-5-7-15/h3-4,6-11,17H,2,12-13H2,1H3. The number of nitrogens with one attached hydrogen (secondary N) is 1. The smallest absolute Gasteiger partial charge is 0.0205 e. The summed E-state index contributed by atoms with van der Waals surface area (Å²) in [4.78, 5) is 0. The lowest BCUT2D eigenvalue weighted by Crippen LogP contribution is -2.13. The van der Waals surface area contributed by atoms with Gasteiger partial charge in [-0.25, -0.2) is 0 Å². The van der Waals surface area contributed by atoms with E-state index in [1.165, 1.54) is 23.1 Å². The lowest BCUT2D eigenvalue weighted by Gasteiger charge is -2.05. The Kier molecular flexibility index (Phi) is 4.34. The molecule has 1 nitrogen and oxygen atoms in total. The summed E-state index contributed by atoms with van der Waals surface area (Å²) in [6.07, 6.45) is 1.18. The van der Waals surface area contributed by atoms with Gasteiger partial charge in [0.25, 0.3) is 0 Å². The summed E-state index contributed by atoms with van der Waals surface area (Å²) in [5.74, 6) is 0. The molecule has 0 fully saturated rings. The van der Waals surface area contributed by atoms with Crippen LogP contribution in [-0.4, -0.2) is 6.54 Å². The first-order chi connectivity index (χ1) is 8.40. The van der Waals surface area contributed by atoms with E-state index in [2.05, 4.69) is 48.6 Å². The van der Waals surface area contributed by atoms with Crippen molar-refractivity contribution in [3.05, 3.63) is 60.2 Å². The molecular weight excluding hydrogens is 206 g/mol. The van der Waals surface area contributed by atoms with Crippen molar-refractivity contribution in [2.24, 2.45) is 0 Å². The van der Waals surface area contributed by atoms with Crippen LogP contribution in [0.15, 0.2) is 48.5 Å². The van der Waals surface area contributed by atoms with Crippen molar-refractivity contribution in [2.75, 3.05) is 6.54 Å². The van der Waals surface area contributed by atoms with E-state index in [0.717, 1.165) is 13.1 Å². The van der Waals surface area contributed by atoms with Crippen LogP contribution in [0.4, 0.5) is 0 Å². The van der Waals surface area contributed by atoms with Crippen molar-refractivity contribution in [3.8, 4) is 11.1 Å². The molecule has 0 saturated heterocycles. The number of rotatable bonds is 5. The van der Waals surface area contributed by atoms with Crippen molar-refractivity contribution in [3.63, 3.8) is 0 Å². The minimum atomic E-state index is 0.953. The Morgan fingerprint density at radius 1 is 1.06 bits per heavy atom. The molecule has 2 aromatic rings. The predicted molar refractivity (Wildman–Crippen MR) is 72.7 cm³/mol. The lowest BCUT2D eigenvalue weighted by atomic mass is 10.0. The second-order valence-corrected chi connectivity index (χ2v) is 4.17. The highest BCUT2D eigenvalue weighted by Crippen LogP contribution is 2.18. The third-order valence-electron chi connectivity index (χ3n) is 2.75. The molecular formula is C16H18N. The highest BCUT2D eigenvalue weighted by atomic mass is 14.8. The third-order valence-corrected chi connectivity index (χ3v) is 2.75. The molecule has 0 aliphatic rings. The van der Waals surface area contributed by atoms with Gasteiger partial charge >= 0.3 is 0 Å². The molecule has 0 atom stereocenters. The summed E-state index contributed by atoms with van der Waals surface area (Å²) in [5.41, 5.74) is 3.81. The first kappa shape index (κ1) is 11.9. The van der Waals surface area contributed by atoms with E-state index in [1.807, 2.05) is 18.2 Å². The quantitative estimate of drug-likeness (QED) is 0.764. The van der Waals surface area contributed by atoms with E-state index in [9.17, 15) is 0 Å². The molecule has 0 heterocycles. The van der Waals surface area contributed by atoms with E-state index >= 15 is 0 Å². The first-order valence-electron chi connectivity index (χ1n) is 6.16. The maximum Gasteiger partial charge on any atom is 0.0205 e. The number of benzene rings is 2. The Morgan fingerprint density at radius 3 is 2.53 bits per heavy atom.